The number of para-hydroxylation sites is 1. The van der Waals surface area contributed by atoms with Gasteiger partial charge in [0.05, 0.1) is 4.70 Å². The smallest absolute Gasteiger partial charge is 0.264 e. The molecule has 0 aliphatic rings. The molecular formula is C21H15FN2O2S. The van der Waals surface area contributed by atoms with Crippen molar-refractivity contribution in [1.82, 2.24) is 4.98 Å². The largest absolute Gasteiger partial charge is 0.484 e. The van der Waals surface area contributed by atoms with Gasteiger partial charge in [-0.15, -0.1) is 0 Å². The maximum atomic E-state index is 13.7. The van der Waals surface area contributed by atoms with Crippen LogP contribution in [0.15, 0.2) is 72.8 Å². The van der Waals surface area contributed by atoms with Gasteiger partial charge in [0, 0.05) is 0 Å². The fourth-order valence-electron chi connectivity index (χ4n) is 2.65. The van der Waals surface area contributed by atoms with Crippen molar-refractivity contribution in [3.8, 4) is 16.9 Å². The number of carbonyl (C=O) groups is 1. The van der Waals surface area contributed by atoms with Crippen LogP contribution in [0.2, 0.25) is 0 Å². The van der Waals surface area contributed by atoms with E-state index in [2.05, 4.69) is 10.3 Å². The summed E-state index contributed by atoms with van der Waals surface area (Å²) in [6.07, 6.45) is 0. The summed E-state index contributed by atoms with van der Waals surface area (Å²) in [6.45, 7) is -0.150. The topological polar surface area (TPSA) is 51.2 Å². The Morgan fingerprint density at radius 3 is 2.44 bits per heavy atom. The number of halogens is 1. The molecule has 0 bridgehead atoms. The highest BCUT2D eigenvalue weighted by atomic mass is 32.1. The Morgan fingerprint density at radius 1 is 0.963 bits per heavy atom. The van der Waals surface area contributed by atoms with Gasteiger partial charge in [-0.05, 0) is 35.4 Å². The minimum Gasteiger partial charge on any atom is -0.484 e. The second-order valence-corrected chi connectivity index (χ2v) is 6.86. The molecule has 0 saturated heterocycles. The van der Waals surface area contributed by atoms with Crippen molar-refractivity contribution in [1.29, 1.82) is 0 Å². The highest BCUT2D eigenvalue weighted by Crippen LogP contribution is 2.27. The number of hydrogen-bond donors (Lipinski definition) is 1. The molecule has 0 radical (unpaired) electrons. The molecular weight excluding hydrogens is 363 g/mol. The quantitative estimate of drug-likeness (QED) is 0.524. The van der Waals surface area contributed by atoms with Gasteiger partial charge >= 0.3 is 0 Å². The molecule has 0 spiro atoms. The summed E-state index contributed by atoms with van der Waals surface area (Å²) < 4.78 is 19.9. The van der Waals surface area contributed by atoms with Crippen LogP contribution >= 0.6 is 11.3 Å². The summed E-state index contributed by atoms with van der Waals surface area (Å²) in [5.74, 6) is -0.152. The number of nitrogens with one attached hydrogen (secondary N) is 1. The molecule has 27 heavy (non-hydrogen) atoms. The number of nitrogens with zero attached hydrogens (tertiary/aromatic N) is 1. The van der Waals surface area contributed by atoms with Crippen LogP contribution in [0.3, 0.4) is 0 Å². The molecule has 0 unspecified atom stereocenters. The number of rotatable bonds is 5. The Morgan fingerprint density at radius 2 is 1.70 bits per heavy atom. The minimum absolute atomic E-state index is 0.150. The van der Waals surface area contributed by atoms with E-state index >= 15 is 0 Å². The van der Waals surface area contributed by atoms with E-state index < -0.39 is 5.82 Å². The average molecular weight is 378 g/mol. The van der Waals surface area contributed by atoms with Crippen LogP contribution < -0.4 is 10.1 Å². The van der Waals surface area contributed by atoms with Crippen LogP contribution in [0, 0.1) is 5.82 Å². The minimum atomic E-state index is -0.404. The molecule has 0 atom stereocenters. The molecule has 0 aliphatic carbocycles. The summed E-state index contributed by atoms with van der Waals surface area (Å²) in [5, 5.41) is 2.99. The predicted octanol–water partition coefficient (Wildman–Crippen LogP) is 5.12. The zero-order valence-electron chi connectivity index (χ0n) is 14.2. The van der Waals surface area contributed by atoms with Crippen molar-refractivity contribution in [3.63, 3.8) is 0 Å². The molecule has 1 N–H and O–H groups in total. The van der Waals surface area contributed by atoms with Gasteiger partial charge in [-0.3, -0.25) is 10.1 Å². The van der Waals surface area contributed by atoms with Gasteiger partial charge in [0.1, 0.15) is 17.1 Å². The molecule has 6 heteroatoms. The van der Waals surface area contributed by atoms with E-state index in [1.54, 1.807) is 12.1 Å². The van der Waals surface area contributed by atoms with E-state index in [9.17, 15) is 9.18 Å². The average Bonchev–Trinajstić information content (AvgIpc) is 3.11. The molecule has 1 amide bonds. The zero-order valence-corrected chi connectivity index (χ0v) is 15.0. The molecule has 4 rings (SSSR count). The molecule has 1 heterocycles. The van der Waals surface area contributed by atoms with Gasteiger partial charge in [-0.2, -0.15) is 0 Å². The summed E-state index contributed by atoms with van der Waals surface area (Å²) >= 11 is 1.22. The lowest BCUT2D eigenvalue weighted by atomic mass is 10.1. The van der Waals surface area contributed by atoms with Gasteiger partial charge < -0.3 is 4.74 Å². The van der Waals surface area contributed by atoms with Crippen LogP contribution in [-0.2, 0) is 4.79 Å². The summed E-state index contributed by atoms with van der Waals surface area (Å²) in [5.41, 5.74) is 2.45. The number of aromatic nitrogens is 1. The van der Waals surface area contributed by atoms with Crippen molar-refractivity contribution in [3.05, 3.63) is 78.6 Å². The van der Waals surface area contributed by atoms with E-state index in [4.69, 9.17) is 4.74 Å². The SMILES string of the molecule is O=C(COc1ccc(-c2ccccc2)cc1)Nc1nc2c(F)cccc2s1. The fourth-order valence-corrected chi connectivity index (χ4v) is 3.54. The molecule has 3 aromatic carbocycles. The van der Waals surface area contributed by atoms with Crippen LogP contribution in [0.1, 0.15) is 0 Å². The van der Waals surface area contributed by atoms with Crippen LogP contribution in [0.5, 0.6) is 5.75 Å². The molecule has 0 saturated carbocycles. The third-order valence-electron chi connectivity index (χ3n) is 3.95. The van der Waals surface area contributed by atoms with Crippen LogP contribution in [-0.4, -0.2) is 17.5 Å². The predicted molar refractivity (Wildman–Crippen MR) is 106 cm³/mol. The van der Waals surface area contributed by atoms with E-state index in [0.717, 1.165) is 11.1 Å². The zero-order chi connectivity index (χ0) is 18.6. The molecule has 134 valence electrons. The third kappa shape index (κ3) is 3.96. The Bertz CT molecular complexity index is 1080. The number of carbonyl (C=O) groups excluding carboxylic acids is 1. The molecule has 0 aliphatic heterocycles. The van der Waals surface area contributed by atoms with Gasteiger partial charge in [-0.25, -0.2) is 9.37 Å². The van der Waals surface area contributed by atoms with Gasteiger partial charge in [0.25, 0.3) is 5.91 Å². The highest BCUT2D eigenvalue weighted by Gasteiger charge is 2.11. The normalized spacial score (nSPS) is 10.7. The number of ether oxygens (including phenoxy) is 1. The van der Waals surface area contributed by atoms with E-state index in [1.807, 2.05) is 54.6 Å². The first-order chi connectivity index (χ1) is 13.2. The molecule has 4 aromatic rings. The Kier molecular flexibility index (Phi) is 4.80. The lowest BCUT2D eigenvalue weighted by molar-refractivity contribution is -0.118. The summed E-state index contributed by atoms with van der Waals surface area (Å²) in [6, 6.07) is 22.3. The maximum Gasteiger partial charge on any atom is 0.264 e. The number of thiazole rings is 1. The highest BCUT2D eigenvalue weighted by molar-refractivity contribution is 7.22. The van der Waals surface area contributed by atoms with Gasteiger partial charge in [0.2, 0.25) is 0 Å². The van der Waals surface area contributed by atoms with E-state index in [0.29, 0.717) is 15.6 Å². The second kappa shape index (κ2) is 7.55. The van der Waals surface area contributed by atoms with E-state index in [1.165, 1.54) is 17.4 Å². The maximum absolute atomic E-state index is 13.7. The Hall–Kier alpha value is -3.25. The van der Waals surface area contributed by atoms with Crippen molar-refractivity contribution in [2.45, 2.75) is 0 Å². The van der Waals surface area contributed by atoms with Gasteiger partial charge in [-0.1, -0.05) is 59.9 Å². The number of benzene rings is 3. The van der Waals surface area contributed by atoms with Crippen molar-refractivity contribution in [2.24, 2.45) is 0 Å². The number of anilines is 1. The molecule has 0 fully saturated rings. The van der Waals surface area contributed by atoms with E-state index in [-0.39, 0.29) is 18.0 Å². The van der Waals surface area contributed by atoms with Crippen molar-refractivity contribution in [2.75, 3.05) is 11.9 Å². The summed E-state index contributed by atoms with van der Waals surface area (Å²) in [4.78, 5) is 16.2. The van der Waals surface area contributed by atoms with Gasteiger partial charge in [0.15, 0.2) is 11.7 Å². The van der Waals surface area contributed by atoms with Crippen LogP contribution in [0.25, 0.3) is 21.3 Å². The molecule has 1 aromatic heterocycles. The molecule has 4 nitrogen and oxygen atoms in total. The van der Waals surface area contributed by atoms with Crippen molar-refractivity contribution < 1.29 is 13.9 Å². The first-order valence-corrected chi connectivity index (χ1v) is 9.14. The number of amides is 1. The monoisotopic (exact) mass is 378 g/mol. The summed E-state index contributed by atoms with van der Waals surface area (Å²) in [7, 11) is 0. The Balaban J connectivity index is 1.36. The standard InChI is InChI=1S/C21H15FN2O2S/c22-17-7-4-8-18-20(17)24-21(27-18)23-19(25)13-26-16-11-9-15(10-12-16)14-5-2-1-3-6-14/h1-12H,13H2,(H,23,24,25). The van der Waals surface area contributed by atoms with Crippen LogP contribution in [0.4, 0.5) is 9.52 Å². The Labute approximate surface area is 159 Å². The lowest BCUT2D eigenvalue weighted by Crippen LogP contribution is -2.19. The third-order valence-corrected chi connectivity index (χ3v) is 4.88. The first-order valence-electron chi connectivity index (χ1n) is 8.32. The van der Waals surface area contributed by atoms with Crippen molar-refractivity contribution >= 4 is 32.6 Å². The first kappa shape index (κ1) is 17.2. The second-order valence-electron chi connectivity index (χ2n) is 5.83. The number of hydrogen-bond acceptors (Lipinski definition) is 4. The fraction of sp³-hybridized carbons (Fsp3) is 0.0476. The lowest BCUT2D eigenvalue weighted by Gasteiger charge is -2.07. The number of fused-ring (bicyclic) bond motifs is 1.